The number of morpholine rings is 1. The van der Waals surface area contributed by atoms with Crippen LogP contribution in [0.25, 0.3) is 0 Å². The fourth-order valence-electron chi connectivity index (χ4n) is 1.92. The molecule has 0 aromatic carbocycles. The van der Waals surface area contributed by atoms with Gasteiger partial charge in [-0.25, -0.2) is 9.37 Å². The lowest BCUT2D eigenvalue weighted by molar-refractivity contribution is 0.00739. The molecule has 1 saturated heterocycles. The minimum atomic E-state index is -0.440. The van der Waals surface area contributed by atoms with Crippen LogP contribution in [0.15, 0.2) is 12.3 Å². The van der Waals surface area contributed by atoms with Gasteiger partial charge in [-0.05, 0) is 13.8 Å². The van der Waals surface area contributed by atoms with Crippen molar-refractivity contribution in [1.82, 2.24) is 9.88 Å². The van der Waals surface area contributed by atoms with E-state index in [1.54, 1.807) is 0 Å². The number of aromatic nitrogens is 1. The van der Waals surface area contributed by atoms with Gasteiger partial charge in [0.25, 0.3) is 0 Å². The van der Waals surface area contributed by atoms with E-state index in [0.717, 1.165) is 13.1 Å². The number of nitrogens with zero attached hydrogens (tertiary/aromatic N) is 2. The highest BCUT2D eigenvalue weighted by Crippen LogP contribution is 2.16. The SMILES string of the molecule is CC(C)(C#Cc1cnc(Cl)cc1F)N1CCOCC1. The third-order valence-electron chi connectivity index (χ3n) is 3.12. The lowest BCUT2D eigenvalue weighted by atomic mass is 10.0. The molecule has 0 radical (unpaired) electrons. The molecule has 2 rings (SSSR count). The Balaban J connectivity index is 2.17. The third-order valence-corrected chi connectivity index (χ3v) is 3.33. The maximum absolute atomic E-state index is 13.6. The van der Waals surface area contributed by atoms with Crippen molar-refractivity contribution in [1.29, 1.82) is 0 Å². The summed E-state index contributed by atoms with van der Waals surface area (Å²) in [5.74, 6) is 5.51. The molecule has 0 spiro atoms. The second-order valence-corrected chi connectivity index (χ2v) is 5.28. The molecule has 1 aliphatic rings. The summed E-state index contributed by atoms with van der Waals surface area (Å²) >= 11 is 5.61. The molecule has 0 unspecified atom stereocenters. The lowest BCUT2D eigenvalue weighted by Crippen LogP contribution is -2.49. The number of pyridine rings is 1. The quantitative estimate of drug-likeness (QED) is 0.584. The zero-order valence-corrected chi connectivity index (χ0v) is 11.8. The molecule has 0 bridgehead atoms. The Bertz CT molecular complexity index is 516. The average molecular weight is 283 g/mol. The Morgan fingerprint density at radius 2 is 2.11 bits per heavy atom. The molecule has 0 saturated carbocycles. The van der Waals surface area contributed by atoms with Crippen molar-refractivity contribution in [2.45, 2.75) is 19.4 Å². The largest absolute Gasteiger partial charge is 0.379 e. The Labute approximate surface area is 117 Å². The van der Waals surface area contributed by atoms with Gasteiger partial charge in [-0.15, -0.1) is 0 Å². The third kappa shape index (κ3) is 3.66. The van der Waals surface area contributed by atoms with Gasteiger partial charge in [0.1, 0.15) is 11.0 Å². The van der Waals surface area contributed by atoms with Crippen LogP contribution >= 0.6 is 11.6 Å². The van der Waals surface area contributed by atoms with Crippen LogP contribution in [0.4, 0.5) is 4.39 Å². The van der Waals surface area contributed by atoms with E-state index in [-0.39, 0.29) is 16.3 Å². The van der Waals surface area contributed by atoms with E-state index in [2.05, 4.69) is 21.7 Å². The highest BCUT2D eigenvalue weighted by molar-refractivity contribution is 6.29. The molecule has 2 heterocycles. The topological polar surface area (TPSA) is 25.4 Å². The molecule has 0 amide bonds. The van der Waals surface area contributed by atoms with Gasteiger partial charge < -0.3 is 4.74 Å². The minimum absolute atomic E-state index is 0.135. The van der Waals surface area contributed by atoms with Crippen molar-refractivity contribution in [2.75, 3.05) is 26.3 Å². The monoisotopic (exact) mass is 282 g/mol. The van der Waals surface area contributed by atoms with Gasteiger partial charge in [0.05, 0.1) is 24.3 Å². The number of hydrogen-bond acceptors (Lipinski definition) is 3. The van der Waals surface area contributed by atoms with Crippen LogP contribution in [-0.4, -0.2) is 41.7 Å². The minimum Gasteiger partial charge on any atom is -0.379 e. The van der Waals surface area contributed by atoms with Crippen molar-refractivity contribution >= 4 is 11.6 Å². The van der Waals surface area contributed by atoms with E-state index in [1.807, 2.05) is 13.8 Å². The summed E-state index contributed by atoms with van der Waals surface area (Å²) in [6.45, 7) is 7.13. The van der Waals surface area contributed by atoms with Crippen LogP contribution in [0.2, 0.25) is 5.15 Å². The molecule has 5 heteroatoms. The molecule has 1 fully saturated rings. The lowest BCUT2D eigenvalue weighted by Gasteiger charge is -2.37. The van der Waals surface area contributed by atoms with Gasteiger partial charge >= 0.3 is 0 Å². The number of halogens is 2. The number of ether oxygens (including phenoxy) is 1. The summed E-state index contributed by atoms with van der Waals surface area (Å²) < 4.78 is 18.9. The molecular weight excluding hydrogens is 267 g/mol. The fourth-order valence-corrected chi connectivity index (χ4v) is 2.07. The summed E-state index contributed by atoms with van der Waals surface area (Å²) in [6.07, 6.45) is 1.36. The maximum Gasteiger partial charge on any atom is 0.143 e. The first kappa shape index (κ1) is 14.3. The summed E-state index contributed by atoms with van der Waals surface area (Å²) in [5, 5.41) is 0.135. The summed E-state index contributed by atoms with van der Waals surface area (Å²) in [7, 11) is 0. The zero-order chi connectivity index (χ0) is 13.9. The molecule has 3 nitrogen and oxygen atoms in total. The molecular formula is C14H16ClFN2O. The molecule has 19 heavy (non-hydrogen) atoms. The first-order chi connectivity index (χ1) is 8.99. The van der Waals surface area contributed by atoms with Crippen molar-refractivity contribution in [2.24, 2.45) is 0 Å². The van der Waals surface area contributed by atoms with Crippen LogP contribution in [0, 0.1) is 17.7 Å². The molecule has 1 aromatic rings. The molecule has 0 aliphatic carbocycles. The van der Waals surface area contributed by atoms with Crippen molar-refractivity contribution < 1.29 is 9.13 Å². The second-order valence-electron chi connectivity index (χ2n) is 4.90. The molecule has 102 valence electrons. The average Bonchev–Trinajstić information content (AvgIpc) is 2.39. The fraction of sp³-hybridized carbons (Fsp3) is 0.500. The van der Waals surface area contributed by atoms with Crippen molar-refractivity contribution in [3.05, 3.63) is 28.8 Å². The predicted octanol–water partition coefficient (Wildman–Crippen LogP) is 2.34. The molecule has 1 aromatic heterocycles. The van der Waals surface area contributed by atoms with Crippen LogP contribution in [0.3, 0.4) is 0 Å². The maximum atomic E-state index is 13.6. The summed E-state index contributed by atoms with van der Waals surface area (Å²) in [4.78, 5) is 6.07. The summed E-state index contributed by atoms with van der Waals surface area (Å²) in [6, 6.07) is 1.17. The van der Waals surface area contributed by atoms with Gasteiger partial charge in [-0.2, -0.15) is 0 Å². The van der Waals surface area contributed by atoms with E-state index >= 15 is 0 Å². The first-order valence-corrected chi connectivity index (χ1v) is 6.54. The predicted molar refractivity (Wildman–Crippen MR) is 72.6 cm³/mol. The Kier molecular flexibility index (Phi) is 4.41. The van der Waals surface area contributed by atoms with Gasteiger partial charge in [0.15, 0.2) is 0 Å². The number of rotatable bonds is 1. The molecule has 0 N–H and O–H groups in total. The standard InChI is InChI=1S/C14H16ClFN2O/c1-14(2,18-5-7-19-8-6-18)4-3-11-10-17-13(15)9-12(11)16/h9-10H,5-8H2,1-2H3. The van der Waals surface area contributed by atoms with Gasteiger partial charge in [-0.3, -0.25) is 4.90 Å². The molecule has 0 atom stereocenters. The van der Waals surface area contributed by atoms with E-state index in [1.165, 1.54) is 12.3 Å². The van der Waals surface area contributed by atoms with Crippen molar-refractivity contribution in [3.63, 3.8) is 0 Å². The Morgan fingerprint density at radius 1 is 1.42 bits per heavy atom. The van der Waals surface area contributed by atoms with Gasteiger partial charge in [0.2, 0.25) is 0 Å². The van der Waals surface area contributed by atoms with Gasteiger partial charge in [-0.1, -0.05) is 23.4 Å². The van der Waals surface area contributed by atoms with E-state index < -0.39 is 5.82 Å². The van der Waals surface area contributed by atoms with Crippen molar-refractivity contribution in [3.8, 4) is 11.8 Å². The Hall–Kier alpha value is -1.15. The van der Waals surface area contributed by atoms with Crippen LogP contribution < -0.4 is 0 Å². The first-order valence-electron chi connectivity index (χ1n) is 6.16. The second kappa shape index (κ2) is 5.87. The zero-order valence-electron chi connectivity index (χ0n) is 11.0. The highest BCUT2D eigenvalue weighted by Gasteiger charge is 2.26. The Morgan fingerprint density at radius 3 is 2.74 bits per heavy atom. The normalized spacial score (nSPS) is 16.8. The van der Waals surface area contributed by atoms with Crippen LogP contribution in [-0.2, 0) is 4.74 Å². The summed E-state index contributed by atoms with van der Waals surface area (Å²) in [5.41, 5.74) is -0.0544. The van der Waals surface area contributed by atoms with E-state index in [4.69, 9.17) is 16.3 Å². The van der Waals surface area contributed by atoms with Crippen LogP contribution in [0.1, 0.15) is 19.4 Å². The van der Waals surface area contributed by atoms with Gasteiger partial charge in [0, 0.05) is 25.4 Å². The van der Waals surface area contributed by atoms with E-state index in [9.17, 15) is 4.39 Å². The highest BCUT2D eigenvalue weighted by atomic mass is 35.5. The number of hydrogen-bond donors (Lipinski definition) is 0. The smallest absolute Gasteiger partial charge is 0.143 e. The van der Waals surface area contributed by atoms with Crippen LogP contribution in [0.5, 0.6) is 0 Å². The van der Waals surface area contributed by atoms with E-state index in [0.29, 0.717) is 13.2 Å². The molecule has 1 aliphatic heterocycles.